The molecule has 0 saturated carbocycles. The highest BCUT2D eigenvalue weighted by Crippen LogP contribution is 2.29. The molecule has 0 saturated heterocycles. The van der Waals surface area contributed by atoms with Crippen molar-refractivity contribution in [1.82, 2.24) is 5.32 Å². The van der Waals surface area contributed by atoms with Gasteiger partial charge in [0.15, 0.2) is 11.5 Å². The van der Waals surface area contributed by atoms with E-state index in [0.717, 1.165) is 0 Å². The molecule has 0 aromatic heterocycles. The first-order chi connectivity index (χ1) is 11.1. The molecule has 0 radical (unpaired) electrons. The number of rotatable bonds is 8. The van der Waals surface area contributed by atoms with E-state index >= 15 is 0 Å². The first-order valence-corrected chi connectivity index (χ1v) is 7.10. The molecule has 0 aliphatic heterocycles. The standard InChI is InChI=1S/C16H21N3O4/c1-4-12(10-20)18-9-11(8-17)16(21)19-13-5-6-14(22-2)15(7-13)23-3/h5-7,9,12,18,20H,4,10H2,1-3H3,(H,19,21)/b11-9-. The number of aliphatic hydroxyl groups excluding tert-OH is 1. The number of carbonyl (C=O) groups is 1. The van der Waals surface area contributed by atoms with Gasteiger partial charge in [-0.2, -0.15) is 5.26 Å². The van der Waals surface area contributed by atoms with Crippen molar-refractivity contribution in [1.29, 1.82) is 5.26 Å². The Hall–Kier alpha value is -2.72. The molecule has 1 aromatic carbocycles. The van der Waals surface area contributed by atoms with E-state index in [1.165, 1.54) is 20.4 Å². The Balaban J connectivity index is 2.84. The molecule has 0 fully saturated rings. The Bertz CT molecular complexity index is 604. The van der Waals surface area contributed by atoms with E-state index in [9.17, 15) is 4.79 Å². The van der Waals surface area contributed by atoms with Crippen LogP contribution in [0, 0.1) is 11.3 Å². The molecule has 0 aliphatic carbocycles. The van der Waals surface area contributed by atoms with Crippen LogP contribution in [-0.4, -0.2) is 37.9 Å². The minimum atomic E-state index is -0.556. The van der Waals surface area contributed by atoms with Gasteiger partial charge in [-0.25, -0.2) is 0 Å². The summed E-state index contributed by atoms with van der Waals surface area (Å²) in [5, 5.41) is 23.6. The zero-order chi connectivity index (χ0) is 17.2. The average molecular weight is 319 g/mol. The number of hydrogen-bond donors (Lipinski definition) is 3. The number of benzene rings is 1. The van der Waals surface area contributed by atoms with Crippen LogP contribution in [0.15, 0.2) is 30.0 Å². The summed E-state index contributed by atoms with van der Waals surface area (Å²) < 4.78 is 10.3. The second-order valence-corrected chi connectivity index (χ2v) is 4.65. The topological polar surface area (TPSA) is 104 Å². The molecule has 0 bridgehead atoms. The molecule has 0 heterocycles. The van der Waals surface area contributed by atoms with Crippen LogP contribution in [0.5, 0.6) is 11.5 Å². The fourth-order valence-electron chi connectivity index (χ4n) is 1.76. The Kier molecular flexibility index (Phi) is 7.43. The molecular formula is C16H21N3O4. The molecule has 1 aromatic rings. The van der Waals surface area contributed by atoms with E-state index in [1.54, 1.807) is 18.2 Å². The maximum Gasteiger partial charge on any atom is 0.267 e. The number of carbonyl (C=O) groups excluding carboxylic acids is 1. The second kappa shape index (κ2) is 9.33. The number of nitrogens with one attached hydrogen (secondary N) is 2. The minimum Gasteiger partial charge on any atom is -0.493 e. The quantitative estimate of drug-likeness (QED) is 0.494. The van der Waals surface area contributed by atoms with Crippen molar-refractivity contribution in [3.63, 3.8) is 0 Å². The third-order valence-corrected chi connectivity index (χ3v) is 3.18. The first kappa shape index (κ1) is 18.3. The fourth-order valence-corrected chi connectivity index (χ4v) is 1.76. The summed E-state index contributed by atoms with van der Waals surface area (Å²) in [6, 6.07) is 6.52. The first-order valence-electron chi connectivity index (χ1n) is 7.10. The number of nitrogens with zero attached hydrogens (tertiary/aromatic N) is 1. The lowest BCUT2D eigenvalue weighted by atomic mass is 10.2. The van der Waals surface area contributed by atoms with Gasteiger partial charge in [0.2, 0.25) is 0 Å². The Labute approximate surface area is 135 Å². The van der Waals surface area contributed by atoms with Crippen LogP contribution < -0.4 is 20.1 Å². The molecule has 124 valence electrons. The van der Waals surface area contributed by atoms with Crippen molar-refractivity contribution in [3.05, 3.63) is 30.0 Å². The molecule has 1 unspecified atom stereocenters. The molecule has 7 heteroatoms. The summed E-state index contributed by atoms with van der Waals surface area (Å²) in [7, 11) is 3.01. The molecular weight excluding hydrogens is 298 g/mol. The highest BCUT2D eigenvalue weighted by Gasteiger charge is 2.12. The van der Waals surface area contributed by atoms with Crippen molar-refractivity contribution in [2.75, 3.05) is 26.1 Å². The minimum absolute atomic E-state index is 0.0804. The van der Waals surface area contributed by atoms with Gasteiger partial charge >= 0.3 is 0 Å². The number of ether oxygens (including phenoxy) is 2. The van der Waals surface area contributed by atoms with Gasteiger partial charge in [0.1, 0.15) is 11.6 Å². The smallest absolute Gasteiger partial charge is 0.267 e. The number of methoxy groups -OCH3 is 2. The summed E-state index contributed by atoms with van der Waals surface area (Å²) in [5.41, 5.74) is 0.384. The van der Waals surface area contributed by atoms with Crippen molar-refractivity contribution >= 4 is 11.6 Å². The van der Waals surface area contributed by atoms with Gasteiger partial charge in [-0.15, -0.1) is 0 Å². The van der Waals surface area contributed by atoms with Crippen LogP contribution in [0.1, 0.15) is 13.3 Å². The SMILES string of the molecule is CCC(CO)N/C=C(/C#N)C(=O)Nc1ccc(OC)c(OC)c1. The van der Waals surface area contributed by atoms with Crippen molar-refractivity contribution in [3.8, 4) is 17.6 Å². The molecule has 0 aliphatic rings. The van der Waals surface area contributed by atoms with E-state index in [0.29, 0.717) is 23.6 Å². The predicted molar refractivity (Wildman–Crippen MR) is 86.2 cm³/mol. The third kappa shape index (κ3) is 5.20. The third-order valence-electron chi connectivity index (χ3n) is 3.18. The van der Waals surface area contributed by atoms with Gasteiger partial charge in [0, 0.05) is 24.0 Å². The average Bonchev–Trinajstić information content (AvgIpc) is 2.58. The lowest BCUT2D eigenvalue weighted by molar-refractivity contribution is -0.112. The van der Waals surface area contributed by atoms with E-state index in [4.69, 9.17) is 19.8 Å². The van der Waals surface area contributed by atoms with Crippen LogP contribution in [0.3, 0.4) is 0 Å². The lowest BCUT2D eigenvalue weighted by Crippen LogP contribution is -2.28. The number of amides is 1. The number of nitriles is 1. The zero-order valence-electron chi connectivity index (χ0n) is 13.4. The Morgan fingerprint density at radius 3 is 2.61 bits per heavy atom. The summed E-state index contributed by atoms with van der Waals surface area (Å²) in [6.45, 7) is 1.81. The predicted octanol–water partition coefficient (Wildman–Crippen LogP) is 1.41. The highest BCUT2D eigenvalue weighted by molar-refractivity contribution is 6.06. The maximum atomic E-state index is 12.1. The van der Waals surface area contributed by atoms with Crippen LogP contribution >= 0.6 is 0 Å². The number of aliphatic hydroxyl groups is 1. The van der Waals surface area contributed by atoms with Crippen molar-refractivity contribution in [2.45, 2.75) is 19.4 Å². The van der Waals surface area contributed by atoms with Crippen LogP contribution in [-0.2, 0) is 4.79 Å². The van der Waals surface area contributed by atoms with Gasteiger partial charge in [-0.3, -0.25) is 4.79 Å². The monoisotopic (exact) mass is 319 g/mol. The maximum absolute atomic E-state index is 12.1. The molecule has 3 N–H and O–H groups in total. The van der Waals surface area contributed by atoms with Crippen molar-refractivity contribution < 1.29 is 19.4 Å². The molecule has 23 heavy (non-hydrogen) atoms. The Morgan fingerprint density at radius 1 is 1.39 bits per heavy atom. The lowest BCUT2D eigenvalue weighted by Gasteiger charge is -2.12. The van der Waals surface area contributed by atoms with E-state index < -0.39 is 5.91 Å². The van der Waals surface area contributed by atoms with E-state index in [1.807, 2.05) is 13.0 Å². The van der Waals surface area contributed by atoms with E-state index in [2.05, 4.69) is 10.6 Å². The molecule has 0 spiro atoms. The van der Waals surface area contributed by atoms with Gasteiger partial charge in [0.05, 0.1) is 20.8 Å². The molecule has 1 amide bonds. The largest absolute Gasteiger partial charge is 0.493 e. The van der Waals surface area contributed by atoms with Gasteiger partial charge in [0.25, 0.3) is 5.91 Å². The van der Waals surface area contributed by atoms with Gasteiger partial charge < -0.3 is 25.2 Å². The zero-order valence-corrected chi connectivity index (χ0v) is 13.4. The summed E-state index contributed by atoms with van der Waals surface area (Å²) in [5.74, 6) is 0.453. The number of anilines is 1. The van der Waals surface area contributed by atoms with Crippen LogP contribution in [0.4, 0.5) is 5.69 Å². The molecule has 1 rings (SSSR count). The fraction of sp³-hybridized carbons (Fsp3) is 0.375. The highest BCUT2D eigenvalue weighted by atomic mass is 16.5. The van der Waals surface area contributed by atoms with Crippen LogP contribution in [0.2, 0.25) is 0 Å². The molecule has 1 atom stereocenters. The van der Waals surface area contributed by atoms with Gasteiger partial charge in [-0.1, -0.05) is 6.92 Å². The van der Waals surface area contributed by atoms with Gasteiger partial charge in [-0.05, 0) is 18.6 Å². The summed E-state index contributed by atoms with van der Waals surface area (Å²) in [4.78, 5) is 12.1. The summed E-state index contributed by atoms with van der Waals surface area (Å²) >= 11 is 0. The summed E-state index contributed by atoms with van der Waals surface area (Å²) in [6.07, 6.45) is 1.98. The molecule has 7 nitrogen and oxygen atoms in total. The van der Waals surface area contributed by atoms with E-state index in [-0.39, 0.29) is 18.2 Å². The Morgan fingerprint density at radius 2 is 2.09 bits per heavy atom. The van der Waals surface area contributed by atoms with Crippen molar-refractivity contribution in [2.24, 2.45) is 0 Å². The second-order valence-electron chi connectivity index (χ2n) is 4.65. The van der Waals surface area contributed by atoms with Crippen LogP contribution in [0.25, 0.3) is 0 Å². The normalized spacial score (nSPS) is 12.0. The number of hydrogen-bond acceptors (Lipinski definition) is 6.